The molecule has 106 valence electrons. The summed E-state index contributed by atoms with van der Waals surface area (Å²) in [6.07, 6.45) is 0. The fraction of sp³-hybridized carbons (Fsp3) is 0.250. The van der Waals surface area contributed by atoms with Crippen LogP contribution in [0.4, 0.5) is 5.69 Å². The van der Waals surface area contributed by atoms with E-state index in [4.69, 9.17) is 19.9 Å². The number of nitrogens with two attached hydrogens (primary N) is 1. The minimum atomic E-state index is 0.580. The summed E-state index contributed by atoms with van der Waals surface area (Å²) < 4.78 is 16.6. The van der Waals surface area contributed by atoms with Gasteiger partial charge in [0.2, 0.25) is 0 Å². The molecule has 0 fully saturated rings. The molecule has 2 aromatic carbocycles. The van der Waals surface area contributed by atoms with Gasteiger partial charge in [0.05, 0.1) is 13.7 Å². The van der Waals surface area contributed by atoms with Crippen molar-refractivity contribution in [1.29, 1.82) is 0 Å². The zero-order valence-electron chi connectivity index (χ0n) is 12.0. The summed E-state index contributed by atoms with van der Waals surface area (Å²) in [7, 11) is 1.62. The first-order valence-electron chi connectivity index (χ1n) is 6.48. The van der Waals surface area contributed by atoms with Crippen molar-refractivity contribution < 1.29 is 14.2 Å². The van der Waals surface area contributed by atoms with Crippen LogP contribution in [0.5, 0.6) is 23.0 Å². The molecule has 2 N–H and O–H groups in total. The Morgan fingerprint density at radius 1 is 1.00 bits per heavy atom. The Balaban J connectivity index is 2.29. The van der Waals surface area contributed by atoms with Crippen LogP contribution >= 0.6 is 0 Å². The van der Waals surface area contributed by atoms with Crippen molar-refractivity contribution in [2.45, 2.75) is 13.8 Å². The van der Waals surface area contributed by atoms with Crippen LogP contribution in [0.15, 0.2) is 36.4 Å². The second kappa shape index (κ2) is 6.19. The highest BCUT2D eigenvalue weighted by Crippen LogP contribution is 2.34. The Morgan fingerprint density at radius 2 is 1.75 bits per heavy atom. The molecule has 0 aliphatic carbocycles. The predicted molar refractivity (Wildman–Crippen MR) is 79.8 cm³/mol. The Kier molecular flexibility index (Phi) is 4.35. The number of anilines is 1. The van der Waals surface area contributed by atoms with Crippen LogP contribution in [-0.4, -0.2) is 13.7 Å². The van der Waals surface area contributed by atoms with E-state index >= 15 is 0 Å². The van der Waals surface area contributed by atoms with E-state index in [-0.39, 0.29) is 0 Å². The summed E-state index contributed by atoms with van der Waals surface area (Å²) in [5, 5.41) is 0. The van der Waals surface area contributed by atoms with Crippen LogP contribution in [0.25, 0.3) is 0 Å². The Morgan fingerprint density at radius 3 is 2.45 bits per heavy atom. The maximum atomic E-state index is 5.85. The van der Waals surface area contributed by atoms with Gasteiger partial charge < -0.3 is 19.9 Å². The van der Waals surface area contributed by atoms with E-state index in [1.165, 1.54) is 0 Å². The number of ether oxygens (including phenoxy) is 3. The van der Waals surface area contributed by atoms with Crippen LogP contribution in [0.2, 0.25) is 0 Å². The molecule has 0 amide bonds. The third-order valence-electron chi connectivity index (χ3n) is 2.76. The van der Waals surface area contributed by atoms with E-state index in [2.05, 4.69) is 0 Å². The molecule has 0 saturated carbocycles. The number of benzene rings is 2. The molecule has 2 rings (SSSR count). The quantitative estimate of drug-likeness (QED) is 0.842. The van der Waals surface area contributed by atoms with Gasteiger partial charge in [0, 0.05) is 23.9 Å². The molecule has 0 heterocycles. The Hall–Kier alpha value is -2.36. The van der Waals surface area contributed by atoms with Crippen molar-refractivity contribution in [2.24, 2.45) is 0 Å². The Labute approximate surface area is 119 Å². The summed E-state index contributed by atoms with van der Waals surface area (Å²) in [6.45, 7) is 4.50. The molecular formula is C16H19NO3. The molecular weight excluding hydrogens is 254 g/mol. The average molecular weight is 273 g/mol. The molecule has 0 aliphatic heterocycles. The molecule has 20 heavy (non-hydrogen) atoms. The van der Waals surface area contributed by atoms with Crippen molar-refractivity contribution >= 4 is 5.69 Å². The maximum Gasteiger partial charge on any atom is 0.169 e. The normalized spacial score (nSPS) is 10.2. The largest absolute Gasteiger partial charge is 0.494 e. The monoisotopic (exact) mass is 273 g/mol. The van der Waals surface area contributed by atoms with Crippen LogP contribution in [-0.2, 0) is 0 Å². The van der Waals surface area contributed by atoms with Gasteiger partial charge in [-0.25, -0.2) is 0 Å². The smallest absolute Gasteiger partial charge is 0.169 e. The average Bonchev–Trinajstić information content (AvgIpc) is 2.40. The number of nitrogen functional groups attached to an aromatic ring is 1. The molecule has 0 aromatic heterocycles. The zero-order chi connectivity index (χ0) is 14.5. The second-order valence-corrected chi connectivity index (χ2v) is 4.43. The minimum absolute atomic E-state index is 0.580. The first kappa shape index (κ1) is 14.1. The summed E-state index contributed by atoms with van der Waals surface area (Å²) in [5.41, 5.74) is 7.55. The summed E-state index contributed by atoms with van der Waals surface area (Å²) in [4.78, 5) is 0. The van der Waals surface area contributed by atoms with Crippen molar-refractivity contribution in [3.05, 3.63) is 42.0 Å². The van der Waals surface area contributed by atoms with Gasteiger partial charge in [0.25, 0.3) is 0 Å². The molecule has 2 aromatic rings. The molecule has 0 radical (unpaired) electrons. The first-order valence-corrected chi connectivity index (χ1v) is 6.48. The standard InChI is InChI=1S/C16H19NO3/c1-4-19-13-8-12(17)9-14(10-13)20-15-6-5-11(2)7-16(15)18-3/h5-10H,4,17H2,1-3H3. The molecule has 0 aliphatic rings. The predicted octanol–water partition coefficient (Wildman–Crippen LogP) is 3.78. The van der Waals surface area contributed by atoms with Gasteiger partial charge in [-0.1, -0.05) is 6.07 Å². The van der Waals surface area contributed by atoms with E-state index in [0.29, 0.717) is 35.3 Å². The van der Waals surface area contributed by atoms with E-state index in [9.17, 15) is 0 Å². The topological polar surface area (TPSA) is 53.7 Å². The number of rotatable bonds is 5. The highest BCUT2D eigenvalue weighted by Gasteiger charge is 2.07. The van der Waals surface area contributed by atoms with Crippen molar-refractivity contribution in [3.63, 3.8) is 0 Å². The van der Waals surface area contributed by atoms with E-state index in [1.807, 2.05) is 32.0 Å². The highest BCUT2D eigenvalue weighted by molar-refractivity contribution is 5.53. The van der Waals surface area contributed by atoms with Gasteiger partial charge in [-0.05, 0) is 31.5 Å². The lowest BCUT2D eigenvalue weighted by molar-refractivity contribution is 0.337. The molecule has 0 unspecified atom stereocenters. The molecule has 0 atom stereocenters. The van der Waals surface area contributed by atoms with Gasteiger partial charge in [-0.3, -0.25) is 0 Å². The fourth-order valence-corrected chi connectivity index (χ4v) is 1.89. The first-order chi connectivity index (χ1) is 9.62. The van der Waals surface area contributed by atoms with Gasteiger partial charge in [-0.2, -0.15) is 0 Å². The molecule has 0 spiro atoms. The minimum Gasteiger partial charge on any atom is -0.494 e. The van der Waals surface area contributed by atoms with Crippen molar-refractivity contribution in [3.8, 4) is 23.0 Å². The molecule has 4 heteroatoms. The second-order valence-electron chi connectivity index (χ2n) is 4.43. The maximum absolute atomic E-state index is 5.85. The molecule has 4 nitrogen and oxygen atoms in total. The molecule has 0 saturated heterocycles. The number of aryl methyl sites for hydroxylation is 1. The van der Waals surface area contributed by atoms with Crippen LogP contribution < -0.4 is 19.9 Å². The summed E-state index contributed by atoms with van der Waals surface area (Å²) in [6, 6.07) is 11.1. The number of methoxy groups -OCH3 is 1. The van der Waals surface area contributed by atoms with Gasteiger partial charge in [0.15, 0.2) is 11.5 Å². The van der Waals surface area contributed by atoms with E-state index in [1.54, 1.807) is 25.3 Å². The fourth-order valence-electron chi connectivity index (χ4n) is 1.89. The van der Waals surface area contributed by atoms with Crippen molar-refractivity contribution in [1.82, 2.24) is 0 Å². The lowest BCUT2D eigenvalue weighted by Crippen LogP contribution is -1.96. The SMILES string of the molecule is CCOc1cc(N)cc(Oc2ccc(C)cc2OC)c1. The van der Waals surface area contributed by atoms with E-state index in [0.717, 1.165) is 5.56 Å². The summed E-state index contributed by atoms with van der Waals surface area (Å²) in [5.74, 6) is 2.64. The van der Waals surface area contributed by atoms with Crippen LogP contribution in [0, 0.1) is 6.92 Å². The van der Waals surface area contributed by atoms with Crippen LogP contribution in [0.1, 0.15) is 12.5 Å². The third-order valence-corrected chi connectivity index (χ3v) is 2.76. The summed E-state index contributed by atoms with van der Waals surface area (Å²) >= 11 is 0. The van der Waals surface area contributed by atoms with Crippen molar-refractivity contribution in [2.75, 3.05) is 19.5 Å². The van der Waals surface area contributed by atoms with Gasteiger partial charge in [0.1, 0.15) is 11.5 Å². The van der Waals surface area contributed by atoms with Gasteiger partial charge >= 0.3 is 0 Å². The van der Waals surface area contributed by atoms with Gasteiger partial charge in [-0.15, -0.1) is 0 Å². The third kappa shape index (κ3) is 3.35. The Bertz CT molecular complexity index is 596. The van der Waals surface area contributed by atoms with E-state index < -0.39 is 0 Å². The number of hydrogen-bond donors (Lipinski definition) is 1. The highest BCUT2D eigenvalue weighted by atomic mass is 16.5. The number of hydrogen-bond acceptors (Lipinski definition) is 4. The lowest BCUT2D eigenvalue weighted by atomic mass is 10.2. The lowest BCUT2D eigenvalue weighted by Gasteiger charge is -2.12. The zero-order valence-corrected chi connectivity index (χ0v) is 12.0. The molecule has 0 bridgehead atoms. The van der Waals surface area contributed by atoms with Crippen LogP contribution in [0.3, 0.4) is 0 Å².